The highest BCUT2D eigenvalue weighted by Gasteiger charge is 2.32. The molecule has 8 heteroatoms. The number of nitrogens with zero attached hydrogens (tertiary/aromatic N) is 1. The van der Waals surface area contributed by atoms with Gasteiger partial charge in [-0.2, -0.15) is 0 Å². The third-order valence-electron chi connectivity index (χ3n) is 4.90. The summed E-state index contributed by atoms with van der Waals surface area (Å²) in [5.74, 6) is -1.18. The first-order chi connectivity index (χ1) is 14.8. The van der Waals surface area contributed by atoms with Crippen LogP contribution in [0.15, 0.2) is 60.7 Å². The molecule has 0 aliphatic carbocycles. The second-order valence-electron chi connectivity index (χ2n) is 7.01. The molecule has 31 heavy (non-hydrogen) atoms. The van der Waals surface area contributed by atoms with Crippen LogP contribution >= 0.6 is 23.2 Å². The van der Waals surface area contributed by atoms with Crippen LogP contribution in [-0.4, -0.2) is 17.9 Å². The fraction of sp³-hybridized carbons (Fsp3) is 0.130. The summed E-state index contributed by atoms with van der Waals surface area (Å²) in [6.45, 7) is 1.90. The topological polar surface area (TPSA) is 58.6 Å². The fourth-order valence-electron chi connectivity index (χ4n) is 3.35. The molecular weight excluding hydrogens is 442 g/mol. The molecule has 3 aromatic rings. The lowest BCUT2D eigenvalue weighted by Crippen LogP contribution is -2.44. The van der Waals surface area contributed by atoms with E-state index in [4.69, 9.17) is 27.9 Å². The summed E-state index contributed by atoms with van der Waals surface area (Å²) < 4.78 is 19.8. The number of anilines is 2. The predicted molar refractivity (Wildman–Crippen MR) is 119 cm³/mol. The first-order valence-corrected chi connectivity index (χ1v) is 10.2. The molecule has 1 aliphatic rings. The lowest BCUT2D eigenvalue weighted by molar-refractivity contribution is -0.125. The number of ether oxygens (including phenoxy) is 1. The van der Waals surface area contributed by atoms with Crippen molar-refractivity contribution < 1.29 is 18.7 Å². The van der Waals surface area contributed by atoms with E-state index in [1.54, 1.807) is 36.1 Å². The highest BCUT2D eigenvalue weighted by atomic mass is 35.5. The van der Waals surface area contributed by atoms with E-state index in [1.165, 1.54) is 12.1 Å². The Labute approximate surface area is 188 Å². The number of rotatable bonds is 4. The molecule has 158 valence electrons. The largest absolute Gasteiger partial charge is 0.479 e. The van der Waals surface area contributed by atoms with Crippen LogP contribution in [0, 0.1) is 5.82 Å². The number of nitrogens with one attached hydrogen (secondary N) is 1. The molecule has 0 radical (unpaired) electrons. The van der Waals surface area contributed by atoms with Crippen LogP contribution in [0.25, 0.3) is 0 Å². The number of fused-ring (bicyclic) bond motifs is 1. The first kappa shape index (κ1) is 21.2. The zero-order valence-electron chi connectivity index (χ0n) is 16.4. The van der Waals surface area contributed by atoms with Gasteiger partial charge in [-0.3, -0.25) is 9.59 Å². The average Bonchev–Trinajstić information content (AvgIpc) is 2.73. The Hall–Kier alpha value is -3.09. The van der Waals surface area contributed by atoms with Gasteiger partial charge in [-0.1, -0.05) is 47.5 Å². The van der Waals surface area contributed by atoms with E-state index in [0.717, 1.165) is 11.6 Å². The second-order valence-corrected chi connectivity index (χ2v) is 7.82. The maximum absolute atomic E-state index is 14.1. The van der Waals surface area contributed by atoms with Crippen molar-refractivity contribution in [2.24, 2.45) is 0 Å². The van der Waals surface area contributed by atoms with E-state index in [0.29, 0.717) is 22.1 Å². The SMILES string of the molecule is CC1Oc2ccc(NC(=O)c3c(F)cccc3Cl)cc2N(Cc2ccccc2Cl)C1=O. The minimum Gasteiger partial charge on any atom is -0.479 e. The molecular formula is C23H17Cl2FN2O3. The van der Waals surface area contributed by atoms with Crippen molar-refractivity contribution in [3.63, 3.8) is 0 Å². The molecule has 0 aromatic heterocycles. The standard InChI is InChI=1S/C23H17Cl2FN2O3/c1-13-23(30)28(12-14-5-2-3-6-16(14)24)19-11-15(9-10-20(19)31-13)27-22(29)21-17(25)7-4-8-18(21)26/h2-11,13H,12H2,1H3,(H,27,29). The summed E-state index contributed by atoms with van der Waals surface area (Å²) in [5.41, 5.74) is 1.35. The molecule has 2 amide bonds. The fourth-order valence-corrected chi connectivity index (χ4v) is 3.80. The maximum atomic E-state index is 14.1. The van der Waals surface area contributed by atoms with Crippen LogP contribution in [0.4, 0.5) is 15.8 Å². The smallest absolute Gasteiger partial charge is 0.268 e. The van der Waals surface area contributed by atoms with Crippen LogP contribution in [0.2, 0.25) is 10.0 Å². The van der Waals surface area contributed by atoms with Gasteiger partial charge in [-0.25, -0.2) is 4.39 Å². The molecule has 1 atom stereocenters. The third kappa shape index (κ3) is 4.22. The van der Waals surface area contributed by atoms with Crippen LogP contribution in [0.1, 0.15) is 22.8 Å². The number of carbonyl (C=O) groups is 2. The number of amides is 2. The summed E-state index contributed by atoms with van der Waals surface area (Å²) in [7, 11) is 0. The van der Waals surface area contributed by atoms with Crippen molar-refractivity contribution in [2.45, 2.75) is 19.6 Å². The van der Waals surface area contributed by atoms with Crippen LogP contribution < -0.4 is 15.0 Å². The van der Waals surface area contributed by atoms with Gasteiger partial charge in [0.2, 0.25) is 0 Å². The molecule has 0 fully saturated rings. The van der Waals surface area contributed by atoms with E-state index in [2.05, 4.69) is 5.32 Å². The van der Waals surface area contributed by atoms with Crippen molar-refractivity contribution >= 4 is 46.4 Å². The van der Waals surface area contributed by atoms with Crippen LogP contribution in [-0.2, 0) is 11.3 Å². The maximum Gasteiger partial charge on any atom is 0.268 e. The quantitative estimate of drug-likeness (QED) is 0.545. The molecule has 0 spiro atoms. The number of carbonyl (C=O) groups excluding carboxylic acids is 2. The number of hydrogen-bond acceptors (Lipinski definition) is 3. The van der Waals surface area contributed by atoms with Crippen LogP contribution in [0.3, 0.4) is 0 Å². The number of hydrogen-bond donors (Lipinski definition) is 1. The molecule has 4 rings (SSSR count). The minimum absolute atomic E-state index is 0.00291. The van der Waals surface area contributed by atoms with Crippen molar-refractivity contribution in [2.75, 3.05) is 10.2 Å². The predicted octanol–water partition coefficient (Wildman–Crippen LogP) is 5.70. The van der Waals surface area contributed by atoms with Crippen molar-refractivity contribution in [3.05, 3.63) is 87.7 Å². The lowest BCUT2D eigenvalue weighted by Gasteiger charge is -2.33. The summed E-state index contributed by atoms with van der Waals surface area (Å²) in [6.07, 6.45) is -0.673. The van der Waals surface area contributed by atoms with Gasteiger partial charge in [0.25, 0.3) is 11.8 Å². The molecule has 0 bridgehead atoms. The Morgan fingerprint density at radius 1 is 1.10 bits per heavy atom. The highest BCUT2D eigenvalue weighted by Crippen LogP contribution is 2.38. The van der Waals surface area contributed by atoms with Crippen molar-refractivity contribution in [1.29, 1.82) is 0 Å². The summed E-state index contributed by atoms with van der Waals surface area (Å²) in [4.78, 5) is 27.0. The second kappa shape index (κ2) is 8.57. The van der Waals surface area contributed by atoms with E-state index < -0.39 is 17.8 Å². The highest BCUT2D eigenvalue weighted by molar-refractivity contribution is 6.34. The Morgan fingerprint density at radius 2 is 1.84 bits per heavy atom. The van der Waals surface area contributed by atoms with Gasteiger partial charge in [-0.05, 0) is 48.9 Å². The average molecular weight is 459 g/mol. The van der Waals surface area contributed by atoms with Gasteiger partial charge < -0.3 is 15.0 Å². The zero-order chi connectivity index (χ0) is 22.1. The molecule has 1 aliphatic heterocycles. The summed E-state index contributed by atoms with van der Waals surface area (Å²) in [5, 5.41) is 3.17. The number of benzene rings is 3. The zero-order valence-corrected chi connectivity index (χ0v) is 17.9. The molecule has 0 saturated heterocycles. The van der Waals surface area contributed by atoms with Gasteiger partial charge in [0, 0.05) is 10.7 Å². The van der Waals surface area contributed by atoms with E-state index in [1.807, 2.05) is 18.2 Å². The Kier molecular flexibility index (Phi) is 5.85. The van der Waals surface area contributed by atoms with Gasteiger partial charge in [0.1, 0.15) is 11.6 Å². The van der Waals surface area contributed by atoms with Crippen LogP contribution in [0.5, 0.6) is 5.75 Å². The van der Waals surface area contributed by atoms with E-state index in [-0.39, 0.29) is 23.0 Å². The first-order valence-electron chi connectivity index (χ1n) is 9.46. The summed E-state index contributed by atoms with van der Waals surface area (Å²) >= 11 is 12.3. The summed E-state index contributed by atoms with van der Waals surface area (Å²) in [6, 6.07) is 16.1. The van der Waals surface area contributed by atoms with Crippen molar-refractivity contribution in [1.82, 2.24) is 0 Å². The molecule has 1 N–H and O–H groups in total. The van der Waals surface area contributed by atoms with E-state index >= 15 is 0 Å². The van der Waals surface area contributed by atoms with Gasteiger partial charge in [0.05, 0.1) is 22.8 Å². The molecule has 5 nitrogen and oxygen atoms in total. The molecule has 1 heterocycles. The lowest BCUT2D eigenvalue weighted by atomic mass is 10.1. The number of halogens is 3. The normalized spacial score (nSPS) is 15.3. The van der Waals surface area contributed by atoms with E-state index in [9.17, 15) is 14.0 Å². The molecule has 1 unspecified atom stereocenters. The Bertz CT molecular complexity index is 1160. The van der Waals surface area contributed by atoms with Crippen molar-refractivity contribution in [3.8, 4) is 5.75 Å². The molecule has 3 aromatic carbocycles. The Morgan fingerprint density at radius 3 is 2.58 bits per heavy atom. The van der Waals surface area contributed by atoms with Gasteiger partial charge >= 0.3 is 0 Å². The third-order valence-corrected chi connectivity index (χ3v) is 5.58. The molecule has 0 saturated carbocycles. The van der Waals surface area contributed by atoms with Gasteiger partial charge in [0.15, 0.2) is 6.10 Å². The Balaban J connectivity index is 1.67. The minimum atomic E-state index is -0.726. The van der Waals surface area contributed by atoms with Gasteiger partial charge in [-0.15, -0.1) is 0 Å². The monoisotopic (exact) mass is 458 g/mol.